The van der Waals surface area contributed by atoms with Crippen molar-refractivity contribution in [2.75, 3.05) is 18.1 Å². The largest absolute Gasteiger partial charge is 0.492 e. The fourth-order valence-electron chi connectivity index (χ4n) is 1.56. The molecule has 104 valence electrons. The van der Waals surface area contributed by atoms with Gasteiger partial charge in [-0.1, -0.05) is 12.1 Å². The number of nitrogens with zero attached hydrogens (tertiary/aromatic N) is 1. The van der Waals surface area contributed by atoms with Crippen molar-refractivity contribution in [3.05, 3.63) is 48.2 Å². The van der Waals surface area contributed by atoms with E-state index < -0.39 is 5.97 Å². The smallest absolute Gasteiger partial charge is 0.339 e. The summed E-state index contributed by atoms with van der Waals surface area (Å²) in [5, 5.41) is 9.02. The SMILES string of the molecule is Nc1ccc(SCCOc2ccccc2C(=O)O)cn1. The van der Waals surface area contributed by atoms with Gasteiger partial charge in [-0.25, -0.2) is 9.78 Å². The molecule has 0 fully saturated rings. The average Bonchev–Trinajstić information content (AvgIpc) is 2.46. The highest BCUT2D eigenvalue weighted by Gasteiger charge is 2.09. The van der Waals surface area contributed by atoms with E-state index in [1.54, 1.807) is 42.2 Å². The Bertz CT molecular complexity index is 587. The Kier molecular flexibility index (Phi) is 4.84. The van der Waals surface area contributed by atoms with E-state index in [0.717, 1.165) is 4.90 Å². The van der Waals surface area contributed by atoms with E-state index in [-0.39, 0.29) is 5.56 Å². The first-order valence-corrected chi connectivity index (χ1v) is 6.95. The van der Waals surface area contributed by atoms with E-state index in [4.69, 9.17) is 15.6 Å². The van der Waals surface area contributed by atoms with Crippen molar-refractivity contribution in [2.24, 2.45) is 0 Å². The Morgan fingerprint density at radius 1 is 1.30 bits per heavy atom. The van der Waals surface area contributed by atoms with E-state index in [9.17, 15) is 4.79 Å². The second-order valence-electron chi connectivity index (χ2n) is 3.92. The number of carbonyl (C=O) groups is 1. The maximum absolute atomic E-state index is 11.0. The van der Waals surface area contributed by atoms with Gasteiger partial charge >= 0.3 is 5.97 Å². The molecule has 2 rings (SSSR count). The van der Waals surface area contributed by atoms with Crippen molar-refractivity contribution < 1.29 is 14.6 Å². The minimum atomic E-state index is -0.990. The number of ether oxygens (including phenoxy) is 1. The standard InChI is InChI=1S/C14H14N2O3S/c15-13-6-5-10(9-16-13)20-8-7-19-12-4-2-1-3-11(12)14(17)18/h1-6,9H,7-8H2,(H2,15,16)(H,17,18). The van der Waals surface area contributed by atoms with Crippen LogP contribution in [-0.4, -0.2) is 28.4 Å². The lowest BCUT2D eigenvalue weighted by Gasteiger charge is -2.08. The van der Waals surface area contributed by atoms with Gasteiger partial charge in [-0.3, -0.25) is 0 Å². The molecule has 0 unspecified atom stereocenters. The number of aromatic nitrogens is 1. The van der Waals surface area contributed by atoms with Gasteiger partial charge in [0.2, 0.25) is 0 Å². The van der Waals surface area contributed by atoms with Gasteiger partial charge in [0, 0.05) is 16.8 Å². The molecule has 3 N–H and O–H groups in total. The quantitative estimate of drug-likeness (QED) is 0.628. The number of nitrogens with two attached hydrogens (primary N) is 1. The van der Waals surface area contributed by atoms with Gasteiger partial charge in [-0.15, -0.1) is 11.8 Å². The highest BCUT2D eigenvalue weighted by molar-refractivity contribution is 7.99. The lowest BCUT2D eigenvalue weighted by atomic mass is 10.2. The molecule has 0 radical (unpaired) electrons. The third kappa shape index (κ3) is 3.89. The van der Waals surface area contributed by atoms with E-state index in [0.29, 0.717) is 23.9 Å². The Labute approximate surface area is 120 Å². The molecule has 2 aromatic rings. The molecular formula is C14H14N2O3S. The Hall–Kier alpha value is -2.21. The summed E-state index contributed by atoms with van der Waals surface area (Å²) in [5.74, 6) is 0.576. The van der Waals surface area contributed by atoms with Crippen LogP contribution in [0.25, 0.3) is 0 Å². The molecule has 1 aromatic carbocycles. The highest BCUT2D eigenvalue weighted by Crippen LogP contribution is 2.20. The average molecular weight is 290 g/mol. The van der Waals surface area contributed by atoms with Crippen LogP contribution in [-0.2, 0) is 0 Å². The van der Waals surface area contributed by atoms with Gasteiger partial charge in [0.1, 0.15) is 17.1 Å². The van der Waals surface area contributed by atoms with Crippen molar-refractivity contribution in [3.63, 3.8) is 0 Å². The predicted molar refractivity (Wildman–Crippen MR) is 78.3 cm³/mol. The molecule has 0 aliphatic heterocycles. The molecule has 5 nitrogen and oxygen atoms in total. The fourth-order valence-corrected chi connectivity index (χ4v) is 2.25. The lowest BCUT2D eigenvalue weighted by Crippen LogP contribution is -2.05. The van der Waals surface area contributed by atoms with Crippen LogP contribution >= 0.6 is 11.8 Å². The molecule has 0 saturated carbocycles. The molecule has 20 heavy (non-hydrogen) atoms. The van der Waals surface area contributed by atoms with Crippen LogP contribution in [0.4, 0.5) is 5.82 Å². The van der Waals surface area contributed by atoms with Crippen LogP contribution in [0.5, 0.6) is 5.75 Å². The summed E-state index contributed by atoms with van der Waals surface area (Å²) in [6, 6.07) is 10.2. The van der Waals surface area contributed by atoms with E-state index >= 15 is 0 Å². The van der Waals surface area contributed by atoms with Gasteiger partial charge in [-0.05, 0) is 24.3 Å². The zero-order valence-corrected chi connectivity index (χ0v) is 11.5. The number of aromatic carboxylic acids is 1. The summed E-state index contributed by atoms with van der Waals surface area (Å²) >= 11 is 1.57. The van der Waals surface area contributed by atoms with E-state index in [1.807, 2.05) is 6.07 Å². The first-order valence-electron chi connectivity index (χ1n) is 5.96. The van der Waals surface area contributed by atoms with Crippen LogP contribution in [0.2, 0.25) is 0 Å². The fraction of sp³-hybridized carbons (Fsp3) is 0.143. The first kappa shape index (κ1) is 14.2. The number of hydrogen-bond donors (Lipinski definition) is 2. The van der Waals surface area contributed by atoms with Gasteiger partial charge in [0.15, 0.2) is 0 Å². The minimum absolute atomic E-state index is 0.173. The van der Waals surface area contributed by atoms with E-state index in [2.05, 4.69) is 4.98 Å². The van der Waals surface area contributed by atoms with Crippen LogP contribution in [0.15, 0.2) is 47.5 Å². The Morgan fingerprint density at radius 3 is 2.80 bits per heavy atom. The Balaban J connectivity index is 1.84. The molecule has 0 atom stereocenters. The third-order valence-electron chi connectivity index (χ3n) is 2.49. The molecule has 6 heteroatoms. The number of pyridine rings is 1. The molecular weight excluding hydrogens is 276 g/mol. The summed E-state index contributed by atoms with van der Waals surface area (Å²) in [6.07, 6.45) is 1.70. The maximum atomic E-state index is 11.0. The number of carboxylic acids is 1. The van der Waals surface area contributed by atoms with Gasteiger partial charge in [0.25, 0.3) is 0 Å². The molecule has 0 aliphatic rings. The molecule has 0 spiro atoms. The third-order valence-corrected chi connectivity index (χ3v) is 3.43. The number of hydrogen-bond acceptors (Lipinski definition) is 5. The van der Waals surface area contributed by atoms with Gasteiger partial charge < -0.3 is 15.6 Å². The highest BCUT2D eigenvalue weighted by atomic mass is 32.2. The normalized spacial score (nSPS) is 10.2. The van der Waals surface area contributed by atoms with Crippen molar-refractivity contribution in [1.29, 1.82) is 0 Å². The van der Waals surface area contributed by atoms with Crippen LogP contribution < -0.4 is 10.5 Å². The van der Waals surface area contributed by atoms with Crippen LogP contribution in [0.3, 0.4) is 0 Å². The number of carboxylic acid groups (broad SMARTS) is 1. The number of thioether (sulfide) groups is 1. The second-order valence-corrected chi connectivity index (χ2v) is 5.09. The summed E-state index contributed by atoms with van der Waals surface area (Å²) < 4.78 is 5.50. The molecule has 0 aliphatic carbocycles. The summed E-state index contributed by atoms with van der Waals surface area (Å²) in [7, 11) is 0. The maximum Gasteiger partial charge on any atom is 0.339 e. The number of anilines is 1. The predicted octanol–water partition coefficient (Wildman–Crippen LogP) is 2.53. The summed E-state index contributed by atoms with van der Waals surface area (Å²) in [5.41, 5.74) is 5.67. The second kappa shape index (κ2) is 6.81. The van der Waals surface area contributed by atoms with Crippen molar-refractivity contribution >= 4 is 23.5 Å². The summed E-state index contributed by atoms with van der Waals surface area (Å²) in [6.45, 7) is 0.416. The molecule has 0 amide bonds. The minimum Gasteiger partial charge on any atom is -0.492 e. The van der Waals surface area contributed by atoms with Gasteiger partial charge in [0.05, 0.1) is 6.61 Å². The molecule has 1 heterocycles. The number of benzene rings is 1. The van der Waals surface area contributed by atoms with Crippen LogP contribution in [0.1, 0.15) is 10.4 Å². The first-order chi connectivity index (χ1) is 9.66. The monoisotopic (exact) mass is 290 g/mol. The van der Waals surface area contributed by atoms with Crippen molar-refractivity contribution in [2.45, 2.75) is 4.90 Å². The number of rotatable bonds is 6. The Morgan fingerprint density at radius 2 is 2.10 bits per heavy atom. The molecule has 0 bridgehead atoms. The zero-order valence-electron chi connectivity index (χ0n) is 10.7. The zero-order chi connectivity index (χ0) is 14.4. The van der Waals surface area contributed by atoms with Crippen molar-refractivity contribution in [1.82, 2.24) is 4.98 Å². The summed E-state index contributed by atoms with van der Waals surface area (Å²) in [4.78, 5) is 16.0. The lowest BCUT2D eigenvalue weighted by molar-refractivity contribution is 0.0692. The molecule has 0 saturated heterocycles. The van der Waals surface area contributed by atoms with Crippen molar-refractivity contribution in [3.8, 4) is 5.75 Å². The topological polar surface area (TPSA) is 85.4 Å². The molecule has 1 aromatic heterocycles. The van der Waals surface area contributed by atoms with E-state index in [1.165, 1.54) is 6.07 Å². The van der Waals surface area contributed by atoms with Crippen LogP contribution in [0, 0.1) is 0 Å². The number of para-hydroxylation sites is 1. The van der Waals surface area contributed by atoms with Gasteiger partial charge in [-0.2, -0.15) is 0 Å². The number of nitrogen functional groups attached to an aromatic ring is 1.